The van der Waals surface area contributed by atoms with Crippen LogP contribution in [0.4, 0.5) is 45.5 Å². The van der Waals surface area contributed by atoms with Crippen LogP contribution in [0.5, 0.6) is 0 Å². The van der Waals surface area contributed by atoms with Gasteiger partial charge in [-0.2, -0.15) is 0 Å². The molecule has 0 spiro atoms. The number of hydrogen-bond donors (Lipinski definition) is 1. The zero-order valence-corrected chi connectivity index (χ0v) is 45.7. The largest absolute Gasteiger partial charge is 0.355 e. The number of rotatable bonds is 16. The van der Waals surface area contributed by atoms with Crippen LogP contribution in [-0.4, -0.2) is 7.28 Å². The minimum atomic E-state index is 0.775. The van der Waals surface area contributed by atoms with E-state index in [2.05, 4.69) is 319 Å². The highest BCUT2D eigenvalue weighted by Crippen LogP contribution is 2.45. The van der Waals surface area contributed by atoms with Gasteiger partial charge in [0.2, 0.25) is 0 Å². The molecule has 12 aromatic carbocycles. The minimum absolute atomic E-state index is 0.775. The molecule has 0 fully saturated rings. The number of hydrogen-bond acceptors (Lipinski definition) is 3. The maximum absolute atomic E-state index is 4.09. The molecular formula is C77H62BN3. The Morgan fingerprint density at radius 1 is 0.358 bits per heavy atom. The van der Waals surface area contributed by atoms with E-state index in [4.69, 9.17) is 0 Å². The summed E-state index contributed by atoms with van der Waals surface area (Å²) in [7, 11) is 0.775. The molecule has 1 N–H and O–H groups in total. The van der Waals surface area contributed by atoms with Gasteiger partial charge in [-0.3, -0.25) is 0 Å². The number of nitrogens with one attached hydrogen (secondary N) is 1. The number of fused-ring (bicyclic) bond motifs is 2. The van der Waals surface area contributed by atoms with Gasteiger partial charge in [0.15, 0.2) is 7.28 Å². The Hall–Kier alpha value is -9.90. The molecule has 0 radical (unpaired) electrons. The molecular weight excluding hydrogens is 978 g/mol. The summed E-state index contributed by atoms with van der Waals surface area (Å²) >= 11 is 0. The second-order valence-corrected chi connectivity index (χ2v) is 21.2. The number of anilines is 8. The van der Waals surface area contributed by atoms with Crippen molar-refractivity contribution < 1.29 is 0 Å². The SMILES string of the molecule is CCCCCc1cc(-c2ccc(N(c3ccc(-c4ccccc4)cc3)c3ccc(-c4ccccc4)cc3)cc2Nc2cccc(-c3ccccc3)c2)c2c(c1)N(c1cccc(-c3ccccc3)c1)c1cc(-c3ccccc3)ccc1B2. The van der Waals surface area contributed by atoms with Crippen LogP contribution in [-0.2, 0) is 6.42 Å². The van der Waals surface area contributed by atoms with Crippen LogP contribution in [0.15, 0.2) is 297 Å². The average molecular weight is 1040 g/mol. The van der Waals surface area contributed by atoms with Crippen LogP contribution >= 0.6 is 0 Å². The van der Waals surface area contributed by atoms with E-state index < -0.39 is 0 Å². The molecule has 12 aromatic rings. The lowest BCUT2D eigenvalue weighted by molar-refractivity contribution is 0.717. The Labute approximate surface area is 478 Å². The summed E-state index contributed by atoms with van der Waals surface area (Å²) in [4.78, 5) is 4.96. The smallest absolute Gasteiger partial charge is 0.198 e. The first-order valence-corrected chi connectivity index (χ1v) is 28.6. The van der Waals surface area contributed by atoms with Gasteiger partial charge >= 0.3 is 0 Å². The molecule has 0 aliphatic carbocycles. The van der Waals surface area contributed by atoms with Crippen LogP contribution < -0.4 is 26.0 Å². The molecule has 1 aliphatic heterocycles. The predicted molar refractivity (Wildman–Crippen MR) is 348 cm³/mol. The van der Waals surface area contributed by atoms with Crippen molar-refractivity contribution in [3.05, 3.63) is 303 Å². The summed E-state index contributed by atoms with van der Waals surface area (Å²) in [5.74, 6) is 0. The lowest BCUT2D eigenvalue weighted by atomic mass is 9.57. The van der Waals surface area contributed by atoms with Crippen molar-refractivity contribution in [3.8, 4) is 66.8 Å². The molecule has 0 unspecified atom stereocenters. The van der Waals surface area contributed by atoms with Gasteiger partial charge in [-0.05, 0) is 158 Å². The molecule has 1 aliphatic rings. The van der Waals surface area contributed by atoms with E-state index in [9.17, 15) is 0 Å². The van der Waals surface area contributed by atoms with Crippen molar-refractivity contribution in [3.63, 3.8) is 0 Å². The Balaban J connectivity index is 1.02. The van der Waals surface area contributed by atoms with Gasteiger partial charge in [-0.25, -0.2) is 0 Å². The lowest BCUT2D eigenvalue weighted by Crippen LogP contribution is -2.41. The molecule has 388 valence electrons. The molecule has 0 bridgehead atoms. The third kappa shape index (κ3) is 10.9. The van der Waals surface area contributed by atoms with Crippen molar-refractivity contribution in [2.75, 3.05) is 15.1 Å². The quantitative estimate of drug-likeness (QED) is 0.0768. The number of aryl methyl sites for hydroxylation is 1. The zero-order chi connectivity index (χ0) is 54.3. The van der Waals surface area contributed by atoms with Crippen LogP contribution in [0.25, 0.3) is 66.8 Å². The fraction of sp³-hybridized carbons (Fsp3) is 0.0649. The van der Waals surface area contributed by atoms with Crippen molar-refractivity contribution in [2.45, 2.75) is 32.6 Å². The van der Waals surface area contributed by atoms with Crippen molar-refractivity contribution in [2.24, 2.45) is 0 Å². The van der Waals surface area contributed by atoms with Gasteiger partial charge < -0.3 is 15.1 Å². The van der Waals surface area contributed by atoms with E-state index in [1.54, 1.807) is 0 Å². The van der Waals surface area contributed by atoms with E-state index in [1.807, 2.05) is 0 Å². The fourth-order valence-corrected chi connectivity index (χ4v) is 11.7. The van der Waals surface area contributed by atoms with Gasteiger partial charge in [0.05, 0.1) is 0 Å². The third-order valence-electron chi connectivity index (χ3n) is 15.9. The average Bonchev–Trinajstić information content (AvgIpc) is 3.72. The molecule has 1 heterocycles. The molecule has 0 atom stereocenters. The van der Waals surface area contributed by atoms with Gasteiger partial charge in [-0.1, -0.05) is 250 Å². The highest BCUT2D eigenvalue weighted by Gasteiger charge is 2.30. The predicted octanol–water partition coefficient (Wildman–Crippen LogP) is 19.8. The summed E-state index contributed by atoms with van der Waals surface area (Å²) in [5, 5.41) is 4.09. The Morgan fingerprint density at radius 3 is 1.38 bits per heavy atom. The topological polar surface area (TPSA) is 18.5 Å². The Bertz CT molecular complexity index is 4010. The summed E-state index contributed by atoms with van der Waals surface area (Å²) in [5.41, 5.74) is 27.0. The zero-order valence-electron chi connectivity index (χ0n) is 45.7. The van der Waals surface area contributed by atoms with Gasteiger partial charge in [0.1, 0.15) is 0 Å². The second-order valence-electron chi connectivity index (χ2n) is 21.2. The second kappa shape index (κ2) is 23.2. The molecule has 0 saturated carbocycles. The summed E-state index contributed by atoms with van der Waals surface area (Å²) in [6.45, 7) is 2.30. The summed E-state index contributed by atoms with van der Waals surface area (Å²) in [6, 6.07) is 109. The first-order valence-electron chi connectivity index (χ1n) is 28.6. The lowest BCUT2D eigenvalue weighted by Gasteiger charge is -2.36. The monoisotopic (exact) mass is 1040 g/mol. The fourth-order valence-electron chi connectivity index (χ4n) is 11.7. The van der Waals surface area contributed by atoms with Crippen molar-refractivity contribution >= 4 is 63.7 Å². The van der Waals surface area contributed by atoms with E-state index in [0.29, 0.717) is 0 Å². The van der Waals surface area contributed by atoms with Crippen LogP contribution in [0.3, 0.4) is 0 Å². The van der Waals surface area contributed by atoms with E-state index in [1.165, 1.54) is 89.9 Å². The van der Waals surface area contributed by atoms with Crippen molar-refractivity contribution in [1.29, 1.82) is 0 Å². The standard InChI is InChI=1S/C77H62BN3/c1-2-3-9-22-55-49-72(77-76(50-55)81(69-36-21-34-64(52-69)59-29-16-7-17-30-59)75-53-65(41-48-73(75)78-77)60-31-18-8-19-32-60)71-47-46-70(54-74(71)79-66-35-20-33-63(51-66)58-27-14-6-15-28-58)80(67-42-37-61(38-43-67)56-23-10-4-11-24-56)68-44-39-62(40-45-68)57-25-12-5-13-26-57/h4-8,10-21,23-54,78-79H,2-3,9,22H2,1H3. The van der Waals surface area contributed by atoms with E-state index in [-0.39, 0.29) is 0 Å². The Kier molecular flexibility index (Phi) is 14.5. The molecule has 81 heavy (non-hydrogen) atoms. The van der Waals surface area contributed by atoms with Gasteiger partial charge in [-0.15, -0.1) is 0 Å². The van der Waals surface area contributed by atoms with E-state index >= 15 is 0 Å². The maximum atomic E-state index is 4.09. The van der Waals surface area contributed by atoms with Crippen LogP contribution in [0.2, 0.25) is 0 Å². The highest BCUT2D eigenvalue weighted by atomic mass is 15.2. The first kappa shape index (κ1) is 50.6. The third-order valence-corrected chi connectivity index (χ3v) is 15.9. The van der Waals surface area contributed by atoms with E-state index in [0.717, 1.165) is 71.8 Å². The van der Waals surface area contributed by atoms with Crippen molar-refractivity contribution in [1.82, 2.24) is 0 Å². The molecule has 3 nitrogen and oxygen atoms in total. The van der Waals surface area contributed by atoms with Crippen LogP contribution in [0, 0.1) is 0 Å². The highest BCUT2D eigenvalue weighted by molar-refractivity contribution is 6.73. The van der Waals surface area contributed by atoms with Gasteiger partial charge in [0.25, 0.3) is 0 Å². The minimum Gasteiger partial charge on any atom is -0.355 e. The number of unbranched alkanes of at least 4 members (excludes halogenated alkanes) is 2. The summed E-state index contributed by atoms with van der Waals surface area (Å²) in [6.07, 6.45) is 4.43. The molecule has 0 saturated heterocycles. The first-order chi connectivity index (χ1) is 40.1. The number of benzene rings is 12. The molecule has 0 amide bonds. The van der Waals surface area contributed by atoms with Gasteiger partial charge in [0, 0.05) is 51.1 Å². The maximum Gasteiger partial charge on any atom is 0.198 e. The molecule has 0 aromatic heterocycles. The van der Waals surface area contributed by atoms with Crippen LogP contribution in [0.1, 0.15) is 31.7 Å². The summed E-state index contributed by atoms with van der Waals surface area (Å²) < 4.78 is 0. The normalized spacial score (nSPS) is 11.5. The molecule has 13 rings (SSSR count). The number of nitrogens with zero attached hydrogens (tertiary/aromatic N) is 2. The Morgan fingerprint density at radius 2 is 0.827 bits per heavy atom. The molecule has 4 heteroatoms.